The molecule has 0 fully saturated rings. The number of aryl methyl sites for hydroxylation is 1. The van der Waals surface area contributed by atoms with E-state index >= 15 is 0 Å². The molecule has 1 heterocycles. The van der Waals surface area contributed by atoms with E-state index in [-0.39, 0.29) is 17.3 Å². The number of rotatable bonds is 5. The van der Waals surface area contributed by atoms with Crippen LogP contribution in [-0.2, 0) is 16.0 Å². The first-order valence-electron chi connectivity index (χ1n) is 7.80. The molecule has 2 aromatic carbocycles. The first-order valence-corrected chi connectivity index (χ1v) is 8.56. The highest BCUT2D eigenvalue weighted by atomic mass is 35.5. The Kier molecular flexibility index (Phi) is 5.11. The molecule has 0 bridgehead atoms. The van der Waals surface area contributed by atoms with Gasteiger partial charge in [0.05, 0.1) is 0 Å². The Labute approximate surface area is 156 Å². The van der Waals surface area contributed by atoms with Crippen molar-refractivity contribution in [2.24, 2.45) is 0 Å². The molecule has 0 spiro atoms. The summed E-state index contributed by atoms with van der Waals surface area (Å²) in [6, 6.07) is 15.0. The van der Waals surface area contributed by atoms with Crippen LogP contribution in [0.15, 0.2) is 59.3 Å². The maximum atomic E-state index is 12.6. The minimum Gasteiger partial charge on any atom is -0.350 e. The second-order valence-corrected chi connectivity index (χ2v) is 6.56. The molecular formula is C19H16Cl2N2O2. The number of nitrogens with zero attached hydrogens (tertiary/aromatic N) is 1. The number of imide groups is 1. The van der Waals surface area contributed by atoms with Gasteiger partial charge in [-0.05, 0) is 36.6 Å². The van der Waals surface area contributed by atoms with Crippen LogP contribution in [0.2, 0.25) is 5.02 Å². The van der Waals surface area contributed by atoms with E-state index in [4.69, 9.17) is 23.2 Å². The first-order chi connectivity index (χ1) is 12.0. The Morgan fingerprint density at radius 1 is 1.00 bits per heavy atom. The minimum atomic E-state index is -0.483. The Hall–Kier alpha value is -2.30. The normalized spacial score (nSPS) is 14.4. The summed E-state index contributed by atoms with van der Waals surface area (Å²) in [7, 11) is 0. The van der Waals surface area contributed by atoms with Crippen molar-refractivity contribution >= 4 is 40.7 Å². The lowest BCUT2D eigenvalue weighted by molar-refractivity contribution is -0.137. The SMILES string of the molecule is Cc1ccc(NC2=C(Cl)C(=O)N(CCc3ccccc3)C2=O)cc1Cl. The fourth-order valence-corrected chi connectivity index (χ4v) is 2.97. The third-order valence-corrected chi connectivity index (χ3v) is 4.78. The van der Waals surface area contributed by atoms with E-state index < -0.39 is 11.8 Å². The summed E-state index contributed by atoms with van der Waals surface area (Å²) >= 11 is 12.2. The summed E-state index contributed by atoms with van der Waals surface area (Å²) in [6.45, 7) is 2.16. The van der Waals surface area contributed by atoms with Gasteiger partial charge in [0.25, 0.3) is 11.8 Å². The highest BCUT2D eigenvalue weighted by Gasteiger charge is 2.37. The van der Waals surface area contributed by atoms with Gasteiger partial charge in [-0.1, -0.05) is 59.6 Å². The second kappa shape index (κ2) is 7.30. The molecule has 0 atom stereocenters. The van der Waals surface area contributed by atoms with Crippen LogP contribution in [0.1, 0.15) is 11.1 Å². The molecule has 0 radical (unpaired) electrons. The molecule has 0 saturated heterocycles. The quantitative estimate of drug-likeness (QED) is 0.800. The lowest BCUT2D eigenvalue weighted by atomic mass is 10.1. The van der Waals surface area contributed by atoms with Gasteiger partial charge in [-0.2, -0.15) is 0 Å². The maximum absolute atomic E-state index is 12.6. The van der Waals surface area contributed by atoms with E-state index in [1.54, 1.807) is 12.1 Å². The number of carbonyl (C=O) groups is 2. The summed E-state index contributed by atoms with van der Waals surface area (Å²) in [6.07, 6.45) is 0.576. The van der Waals surface area contributed by atoms with Gasteiger partial charge < -0.3 is 5.32 Å². The van der Waals surface area contributed by atoms with Crippen molar-refractivity contribution in [3.8, 4) is 0 Å². The van der Waals surface area contributed by atoms with Gasteiger partial charge in [-0.25, -0.2) is 0 Å². The number of hydrogen-bond donors (Lipinski definition) is 1. The number of anilines is 1. The molecule has 0 aromatic heterocycles. The number of halogens is 2. The van der Waals surface area contributed by atoms with Crippen LogP contribution in [0.3, 0.4) is 0 Å². The average Bonchev–Trinajstić information content (AvgIpc) is 2.81. The van der Waals surface area contributed by atoms with Crippen molar-refractivity contribution in [2.75, 3.05) is 11.9 Å². The summed E-state index contributed by atoms with van der Waals surface area (Å²) in [5, 5.41) is 3.39. The van der Waals surface area contributed by atoms with Crippen molar-refractivity contribution in [1.29, 1.82) is 0 Å². The Balaban J connectivity index is 1.73. The van der Waals surface area contributed by atoms with Gasteiger partial charge >= 0.3 is 0 Å². The average molecular weight is 375 g/mol. The predicted molar refractivity (Wildman–Crippen MR) is 99.6 cm³/mol. The number of hydrogen-bond acceptors (Lipinski definition) is 3. The standard InChI is InChI=1S/C19H16Cl2N2O2/c1-12-7-8-14(11-15(12)20)22-17-16(21)18(24)23(19(17)25)10-9-13-5-3-2-4-6-13/h2-8,11,22H,9-10H2,1H3. The fourth-order valence-electron chi connectivity index (χ4n) is 2.56. The minimum absolute atomic E-state index is 0.0830. The molecule has 1 aliphatic heterocycles. The van der Waals surface area contributed by atoms with Crippen LogP contribution in [0.5, 0.6) is 0 Å². The number of benzene rings is 2. The molecule has 0 aliphatic carbocycles. The zero-order valence-corrected chi connectivity index (χ0v) is 15.1. The van der Waals surface area contributed by atoms with E-state index in [0.29, 0.717) is 17.1 Å². The third-order valence-electron chi connectivity index (χ3n) is 4.02. The molecule has 1 aliphatic rings. The van der Waals surface area contributed by atoms with Gasteiger partial charge in [0.2, 0.25) is 0 Å². The molecule has 128 valence electrons. The Morgan fingerprint density at radius 2 is 1.72 bits per heavy atom. The molecule has 0 saturated carbocycles. The second-order valence-electron chi connectivity index (χ2n) is 5.78. The third kappa shape index (κ3) is 3.70. The zero-order valence-electron chi connectivity index (χ0n) is 13.6. The molecule has 0 unspecified atom stereocenters. The fraction of sp³-hybridized carbons (Fsp3) is 0.158. The molecule has 6 heteroatoms. The molecule has 4 nitrogen and oxygen atoms in total. The number of amides is 2. The van der Waals surface area contributed by atoms with Crippen molar-refractivity contribution in [1.82, 2.24) is 4.90 Å². The number of carbonyl (C=O) groups excluding carboxylic acids is 2. The van der Waals surface area contributed by atoms with Crippen LogP contribution in [0, 0.1) is 6.92 Å². The van der Waals surface area contributed by atoms with E-state index in [1.165, 1.54) is 0 Å². The molecule has 25 heavy (non-hydrogen) atoms. The first kappa shape index (κ1) is 17.5. The van der Waals surface area contributed by atoms with E-state index in [2.05, 4.69) is 5.32 Å². The van der Waals surface area contributed by atoms with Crippen LogP contribution in [0.25, 0.3) is 0 Å². The smallest absolute Gasteiger partial charge is 0.278 e. The summed E-state index contributed by atoms with van der Waals surface area (Å²) in [5.74, 6) is -0.911. The topological polar surface area (TPSA) is 49.4 Å². The zero-order chi connectivity index (χ0) is 18.0. The van der Waals surface area contributed by atoms with Crippen molar-refractivity contribution < 1.29 is 9.59 Å². The van der Waals surface area contributed by atoms with Crippen molar-refractivity contribution in [3.63, 3.8) is 0 Å². The Bertz CT molecular complexity index is 863. The summed E-state index contributed by atoms with van der Waals surface area (Å²) in [4.78, 5) is 26.0. The van der Waals surface area contributed by atoms with Crippen LogP contribution in [0.4, 0.5) is 5.69 Å². The lowest BCUT2D eigenvalue weighted by Gasteiger charge is -2.15. The maximum Gasteiger partial charge on any atom is 0.278 e. The van der Waals surface area contributed by atoms with Gasteiger partial charge in [0.15, 0.2) is 0 Å². The lowest BCUT2D eigenvalue weighted by Crippen LogP contribution is -2.34. The molecule has 3 rings (SSSR count). The van der Waals surface area contributed by atoms with Crippen molar-refractivity contribution in [2.45, 2.75) is 13.3 Å². The van der Waals surface area contributed by atoms with Crippen molar-refractivity contribution in [3.05, 3.63) is 75.4 Å². The van der Waals surface area contributed by atoms with Crippen LogP contribution < -0.4 is 5.32 Å². The van der Waals surface area contributed by atoms with Crippen LogP contribution in [-0.4, -0.2) is 23.3 Å². The largest absolute Gasteiger partial charge is 0.350 e. The van der Waals surface area contributed by atoms with Gasteiger partial charge in [-0.15, -0.1) is 0 Å². The molecule has 2 aromatic rings. The molecule has 1 N–H and O–H groups in total. The number of nitrogens with one attached hydrogen (secondary N) is 1. The highest BCUT2D eigenvalue weighted by Crippen LogP contribution is 2.27. The van der Waals surface area contributed by atoms with Gasteiger partial charge in [0, 0.05) is 17.3 Å². The monoisotopic (exact) mass is 374 g/mol. The summed E-state index contributed by atoms with van der Waals surface area (Å²) in [5.41, 5.74) is 2.66. The summed E-state index contributed by atoms with van der Waals surface area (Å²) < 4.78 is 0. The molecular weight excluding hydrogens is 359 g/mol. The Morgan fingerprint density at radius 3 is 2.40 bits per heavy atom. The van der Waals surface area contributed by atoms with Gasteiger partial charge in [-0.3, -0.25) is 14.5 Å². The van der Waals surface area contributed by atoms with E-state index in [9.17, 15) is 9.59 Å². The van der Waals surface area contributed by atoms with E-state index in [1.807, 2.05) is 43.3 Å². The van der Waals surface area contributed by atoms with Gasteiger partial charge in [0.1, 0.15) is 10.7 Å². The predicted octanol–water partition coefficient (Wildman–Crippen LogP) is 4.12. The van der Waals surface area contributed by atoms with Crippen LogP contribution >= 0.6 is 23.2 Å². The van der Waals surface area contributed by atoms with E-state index in [0.717, 1.165) is 16.0 Å². The highest BCUT2D eigenvalue weighted by molar-refractivity contribution is 6.48. The molecule has 2 amide bonds.